The van der Waals surface area contributed by atoms with Crippen molar-refractivity contribution in [3.8, 4) is 5.75 Å². The van der Waals surface area contributed by atoms with Crippen LogP contribution in [-0.2, 0) is 19.1 Å². The van der Waals surface area contributed by atoms with E-state index in [0.717, 1.165) is 15.7 Å². The van der Waals surface area contributed by atoms with Crippen LogP contribution >= 0.6 is 15.9 Å². The molecule has 8 heteroatoms. The molecule has 3 rings (SSSR count). The second kappa shape index (κ2) is 10.5. The van der Waals surface area contributed by atoms with Gasteiger partial charge in [0.15, 0.2) is 6.61 Å². The highest BCUT2D eigenvalue weighted by molar-refractivity contribution is 9.10. The van der Waals surface area contributed by atoms with Crippen LogP contribution in [-0.4, -0.2) is 37.4 Å². The van der Waals surface area contributed by atoms with E-state index in [4.69, 9.17) is 9.47 Å². The molecule has 0 saturated carbocycles. The van der Waals surface area contributed by atoms with Gasteiger partial charge >= 0.3 is 5.97 Å². The van der Waals surface area contributed by atoms with Crippen molar-refractivity contribution in [1.29, 1.82) is 0 Å². The number of rotatable bonds is 7. The Morgan fingerprint density at radius 1 is 1.09 bits per heavy atom. The van der Waals surface area contributed by atoms with E-state index in [0.29, 0.717) is 17.1 Å². The lowest BCUT2D eigenvalue weighted by molar-refractivity contribution is -0.137. The molecular formula is C25H25BrN2O5. The van der Waals surface area contributed by atoms with Gasteiger partial charge in [-0.2, -0.15) is 0 Å². The molecule has 7 nitrogen and oxygen atoms in total. The van der Waals surface area contributed by atoms with E-state index in [9.17, 15) is 14.4 Å². The zero-order valence-corrected chi connectivity index (χ0v) is 20.4. The number of amides is 1. The Balaban J connectivity index is 1.88. The minimum absolute atomic E-state index is 0.00258. The highest BCUT2D eigenvalue weighted by atomic mass is 79.9. The predicted molar refractivity (Wildman–Crippen MR) is 130 cm³/mol. The monoisotopic (exact) mass is 512 g/mol. The molecule has 0 radical (unpaired) electrons. The summed E-state index contributed by atoms with van der Waals surface area (Å²) in [6.45, 7) is 5.39. The van der Waals surface area contributed by atoms with Gasteiger partial charge in [-0.25, -0.2) is 4.79 Å². The SMILES string of the molecule is COC(=O)C1=C(C)N(c2ccc(Br)cc2)/C(=C\c2ccc(OCC(=O)NC(C)C)cc2)C1=O. The minimum atomic E-state index is -0.675. The molecular weight excluding hydrogens is 488 g/mol. The van der Waals surface area contributed by atoms with E-state index in [1.165, 1.54) is 7.11 Å². The molecule has 1 amide bonds. The lowest BCUT2D eigenvalue weighted by Crippen LogP contribution is -2.34. The van der Waals surface area contributed by atoms with E-state index < -0.39 is 11.8 Å². The molecule has 2 aromatic rings. The van der Waals surface area contributed by atoms with Crippen LogP contribution in [0.3, 0.4) is 0 Å². The first kappa shape index (κ1) is 24.3. The number of anilines is 1. The first-order valence-corrected chi connectivity index (χ1v) is 11.1. The fourth-order valence-corrected chi connectivity index (χ4v) is 3.68. The molecule has 2 aromatic carbocycles. The number of ether oxygens (including phenoxy) is 2. The van der Waals surface area contributed by atoms with Gasteiger partial charge in [-0.1, -0.05) is 28.1 Å². The van der Waals surface area contributed by atoms with E-state index in [1.807, 2.05) is 38.1 Å². The zero-order chi connectivity index (χ0) is 24.1. The third kappa shape index (κ3) is 5.70. The number of nitrogens with one attached hydrogen (secondary N) is 1. The van der Waals surface area contributed by atoms with Crippen molar-refractivity contribution >= 4 is 45.4 Å². The maximum absolute atomic E-state index is 13.2. The molecule has 0 saturated heterocycles. The van der Waals surface area contributed by atoms with Crippen molar-refractivity contribution in [3.63, 3.8) is 0 Å². The number of nitrogens with zero attached hydrogens (tertiary/aromatic N) is 1. The topological polar surface area (TPSA) is 84.9 Å². The van der Waals surface area contributed by atoms with Gasteiger partial charge in [-0.05, 0) is 68.8 Å². The van der Waals surface area contributed by atoms with Crippen molar-refractivity contribution in [2.24, 2.45) is 0 Å². The molecule has 0 bridgehead atoms. The van der Waals surface area contributed by atoms with Crippen molar-refractivity contribution in [3.05, 3.63) is 75.5 Å². The summed E-state index contributed by atoms with van der Waals surface area (Å²) in [5, 5.41) is 2.76. The predicted octanol–water partition coefficient (Wildman–Crippen LogP) is 4.23. The van der Waals surface area contributed by atoms with E-state index in [1.54, 1.807) is 42.2 Å². The third-order valence-electron chi connectivity index (χ3n) is 4.88. The number of allylic oxidation sites excluding steroid dienone is 2. The Hall–Kier alpha value is -3.39. The fraction of sp³-hybridized carbons (Fsp3) is 0.240. The van der Waals surface area contributed by atoms with Crippen LogP contribution in [0.4, 0.5) is 5.69 Å². The van der Waals surface area contributed by atoms with E-state index in [2.05, 4.69) is 21.2 Å². The molecule has 0 atom stereocenters. The van der Waals surface area contributed by atoms with Crippen molar-refractivity contribution in [1.82, 2.24) is 5.32 Å². The van der Waals surface area contributed by atoms with Crippen molar-refractivity contribution in [2.45, 2.75) is 26.8 Å². The van der Waals surface area contributed by atoms with Crippen LogP contribution < -0.4 is 15.0 Å². The minimum Gasteiger partial charge on any atom is -0.484 e. The number of esters is 1. The molecule has 0 fully saturated rings. The Kier molecular flexibility index (Phi) is 7.71. The van der Waals surface area contributed by atoms with Crippen LogP contribution in [0.15, 0.2) is 70.0 Å². The summed E-state index contributed by atoms with van der Waals surface area (Å²) < 4.78 is 11.2. The van der Waals surface area contributed by atoms with Gasteiger partial charge in [-0.3, -0.25) is 9.59 Å². The van der Waals surface area contributed by atoms with Crippen LogP contribution in [0.5, 0.6) is 5.75 Å². The van der Waals surface area contributed by atoms with Crippen LogP contribution in [0.1, 0.15) is 26.3 Å². The second-order valence-corrected chi connectivity index (χ2v) is 8.62. The number of ketones is 1. The second-order valence-electron chi connectivity index (χ2n) is 7.70. The molecule has 33 heavy (non-hydrogen) atoms. The number of methoxy groups -OCH3 is 1. The largest absolute Gasteiger partial charge is 0.484 e. The average molecular weight is 513 g/mol. The van der Waals surface area contributed by atoms with E-state index in [-0.39, 0.29) is 24.1 Å². The Morgan fingerprint density at radius 3 is 2.30 bits per heavy atom. The fourth-order valence-electron chi connectivity index (χ4n) is 3.41. The first-order valence-electron chi connectivity index (χ1n) is 10.3. The normalized spacial score (nSPS) is 14.8. The Morgan fingerprint density at radius 2 is 1.73 bits per heavy atom. The van der Waals surface area contributed by atoms with Gasteiger partial charge in [0.2, 0.25) is 5.78 Å². The smallest absolute Gasteiger partial charge is 0.343 e. The molecule has 0 spiro atoms. The van der Waals surface area contributed by atoms with Gasteiger partial charge in [-0.15, -0.1) is 0 Å². The highest BCUT2D eigenvalue weighted by Gasteiger charge is 2.38. The molecule has 1 heterocycles. The van der Waals surface area contributed by atoms with Crippen LogP contribution in [0, 0.1) is 0 Å². The lowest BCUT2D eigenvalue weighted by atomic mass is 10.1. The number of hydrogen-bond acceptors (Lipinski definition) is 6. The lowest BCUT2D eigenvalue weighted by Gasteiger charge is -2.21. The molecule has 0 aliphatic carbocycles. The molecule has 1 aliphatic rings. The quantitative estimate of drug-likeness (QED) is 0.339. The van der Waals surface area contributed by atoms with Crippen LogP contribution in [0.2, 0.25) is 0 Å². The number of Topliss-reactive ketones (excluding diaryl/α,β-unsaturated/α-hetero) is 1. The molecule has 1 N–H and O–H groups in total. The van der Waals surface area contributed by atoms with Gasteiger partial charge in [0.05, 0.1) is 12.8 Å². The summed E-state index contributed by atoms with van der Waals surface area (Å²) in [7, 11) is 1.25. The van der Waals surface area contributed by atoms with Gasteiger partial charge in [0.1, 0.15) is 11.3 Å². The van der Waals surface area contributed by atoms with E-state index >= 15 is 0 Å². The molecule has 0 aromatic heterocycles. The summed E-state index contributed by atoms with van der Waals surface area (Å²) in [4.78, 5) is 38.9. The number of hydrogen-bond donors (Lipinski definition) is 1. The Bertz CT molecular complexity index is 1120. The van der Waals surface area contributed by atoms with Crippen LogP contribution in [0.25, 0.3) is 6.08 Å². The van der Waals surface area contributed by atoms with Gasteiger partial charge in [0, 0.05) is 21.9 Å². The summed E-state index contributed by atoms with van der Waals surface area (Å²) >= 11 is 3.41. The van der Waals surface area contributed by atoms with Gasteiger partial charge in [0.25, 0.3) is 5.91 Å². The number of benzene rings is 2. The van der Waals surface area contributed by atoms with Crippen molar-refractivity contribution in [2.75, 3.05) is 18.6 Å². The molecule has 1 aliphatic heterocycles. The van der Waals surface area contributed by atoms with Gasteiger partial charge < -0.3 is 19.7 Å². The number of carbonyl (C=O) groups is 3. The Labute approximate surface area is 201 Å². The molecule has 0 unspecified atom stereocenters. The summed E-state index contributed by atoms with van der Waals surface area (Å²) in [5.41, 5.74) is 2.31. The summed E-state index contributed by atoms with van der Waals surface area (Å²) in [6.07, 6.45) is 1.71. The number of halogens is 1. The summed E-state index contributed by atoms with van der Waals surface area (Å²) in [5.74, 6) is -0.753. The van der Waals surface area contributed by atoms with Crippen molar-refractivity contribution < 1.29 is 23.9 Å². The number of carbonyl (C=O) groups excluding carboxylic acids is 3. The summed E-state index contributed by atoms with van der Waals surface area (Å²) in [6, 6.07) is 14.5. The molecule has 172 valence electrons. The average Bonchev–Trinajstić information content (AvgIpc) is 3.02. The standard InChI is InChI=1S/C25H25BrN2O5/c1-15(2)27-22(29)14-33-20-11-5-17(6-12-20)13-21-24(30)23(25(31)32-4)16(3)28(21)19-9-7-18(26)8-10-19/h5-13,15H,14H2,1-4H3,(H,27,29)/b21-13-. The third-order valence-corrected chi connectivity index (χ3v) is 5.40. The maximum Gasteiger partial charge on any atom is 0.343 e. The maximum atomic E-state index is 13.2. The highest BCUT2D eigenvalue weighted by Crippen LogP contribution is 2.36. The first-order chi connectivity index (χ1) is 15.7. The zero-order valence-electron chi connectivity index (χ0n) is 18.8.